The monoisotopic (exact) mass is 246 g/mol. The van der Waals surface area contributed by atoms with Gasteiger partial charge in [-0.2, -0.15) is 5.26 Å². The van der Waals surface area contributed by atoms with Crippen LogP contribution in [-0.2, 0) is 6.54 Å². The molecule has 1 aromatic rings. The second-order valence-corrected chi connectivity index (χ2v) is 5.56. The van der Waals surface area contributed by atoms with E-state index in [1.807, 2.05) is 30.3 Å². The van der Waals surface area contributed by atoms with Crippen LogP contribution in [0.1, 0.15) is 33.3 Å². The Labute approximate surface area is 110 Å². The molecule has 0 bridgehead atoms. The lowest BCUT2D eigenvalue weighted by Gasteiger charge is -2.28. The Morgan fingerprint density at radius 2 is 1.89 bits per heavy atom. The van der Waals surface area contributed by atoms with Gasteiger partial charge in [0.15, 0.2) is 6.61 Å². The van der Waals surface area contributed by atoms with E-state index in [2.05, 4.69) is 33.0 Å². The fraction of sp³-hybridized carbons (Fsp3) is 0.533. The van der Waals surface area contributed by atoms with E-state index in [1.54, 1.807) is 0 Å². The summed E-state index contributed by atoms with van der Waals surface area (Å²) in [6.07, 6.45) is 0. The molecule has 1 N–H and O–H groups in total. The zero-order valence-corrected chi connectivity index (χ0v) is 11.7. The van der Waals surface area contributed by atoms with Crippen LogP contribution in [0.25, 0.3) is 0 Å². The topological polar surface area (TPSA) is 45.0 Å². The summed E-state index contributed by atoms with van der Waals surface area (Å²) in [5, 5.41) is 11.9. The van der Waals surface area contributed by atoms with Gasteiger partial charge in [0.2, 0.25) is 0 Å². The molecule has 18 heavy (non-hydrogen) atoms. The molecule has 1 rings (SSSR count). The van der Waals surface area contributed by atoms with E-state index in [9.17, 15) is 0 Å². The van der Waals surface area contributed by atoms with Crippen LogP contribution in [0.15, 0.2) is 24.3 Å². The molecule has 98 valence electrons. The number of rotatable bonds is 5. The number of nitrogens with one attached hydrogen (secondary N) is 1. The second kappa shape index (κ2) is 6.42. The van der Waals surface area contributed by atoms with E-state index in [1.165, 1.54) is 5.56 Å². The van der Waals surface area contributed by atoms with Crippen molar-refractivity contribution in [1.29, 1.82) is 5.26 Å². The molecule has 1 atom stereocenters. The maximum atomic E-state index is 8.42. The summed E-state index contributed by atoms with van der Waals surface area (Å²) >= 11 is 0. The lowest BCUT2D eigenvalue weighted by atomic mass is 9.88. The molecular formula is C15H22N2O. The minimum absolute atomic E-state index is 0.0959. The zero-order chi connectivity index (χ0) is 13.6. The van der Waals surface area contributed by atoms with Gasteiger partial charge in [-0.3, -0.25) is 0 Å². The van der Waals surface area contributed by atoms with Crippen molar-refractivity contribution in [1.82, 2.24) is 5.32 Å². The van der Waals surface area contributed by atoms with Crippen molar-refractivity contribution >= 4 is 0 Å². The highest BCUT2D eigenvalue weighted by molar-refractivity contribution is 5.27. The first kappa shape index (κ1) is 14.5. The van der Waals surface area contributed by atoms with Gasteiger partial charge in [-0.05, 0) is 30.0 Å². The first-order valence-corrected chi connectivity index (χ1v) is 6.25. The van der Waals surface area contributed by atoms with E-state index in [4.69, 9.17) is 10.00 Å². The molecule has 0 spiro atoms. The number of nitrogens with zero attached hydrogens (tertiary/aromatic N) is 1. The molecule has 0 aliphatic rings. The van der Waals surface area contributed by atoms with Gasteiger partial charge in [0.1, 0.15) is 11.8 Å². The van der Waals surface area contributed by atoms with E-state index in [-0.39, 0.29) is 12.0 Å². The third-order valence-electron chi connectivity index (χ3n) is 3.14. The molecule has 3 heteroatoms. The Morgan fingerprint density at radius 3 is 2.39 bits per heavy atom. The third-order valence-corrected chi connectivity index (χ3v) is 3.14. The Morgan fingerprint density at radius 1 is 1.28 bits per heavy atom. The van der Waals surface area contributed by atoms with E-state index >= 15 is 0 Å². The highest BCUT2D eigenvalue weighted by Gasteiger charge is 2.18. The standard InChI is InChI=1S/C15H22N2O/c1-12(15(2,3)4)17-11-13-5-7-14(8-6-13)18-10-9-16/h5-8,12,17H,10-11H2,1-4H3. The van der Waals surface area contributed by atoms with Gasteiger partial charge in [0.05, 0.1) is 0 Å². The van der Waals surface area contributed by atoms with Crippen LogP contribution in [0.5, 0.6) is 5.75 Å². The fourth-order valence-electron chi connectivity index (χ4n) is 1.40. The molecule has 1 unspecified atom stereocenters. The van der Waals surface area contributed by atoms with Gasteiger partial charge in [0.25, 0.3) is 0 Å². The number of hydrogen-bond donors (Lipinski definition) is 1. The molecule has 0 saturated heterocycles. The average molecular weight is 246 g/mol. The lowest BCUT2D eigenvalue weighted by molar-refractivity contribution is 0.285. The van der Waals surface area contributed by atoms with Crippen molar-refractivity contribution in [2.45, 2.75) is 40.3 Å². The molecular weight excluding hydrogens is 224 g/mol. The molecule has 0 aliphatic carbocycles. The first-order valence-electron chi connectivity index (χ1n) is 6.25. The van der Waals surface area contributed by atoms with Gasteiger partial charge >= 0.3 is 0 Å². The highest BCUT2D eigenvalue weighted by Crippen LogP contribution is 2.19. The first-order chi connectivity index (χ1) is 8.43. The van der Waals surface area contributed by atoms with Gasteiger partial charge in [-0.1, -0.05) is 32.9 Å². The van der Waals surface area contributed by atoms with Crippen LogP contribution in [0, 0.1) is 16.7 Å². The normalized spacial score (nSPS) is 12.8. The number of ether oxygens (including phenoxy) is 1. The maximum absolute atomic E-state index is 8.42. The Kier molecular flexibility index (Phi) is 5.18. The smallest absolute Gasteiger partial charge is 0.174 e. The predicted octanol–water partition coefficient (Wildman–Crippen LogP) is 3.11. The van der Waals surface area contributed by atoms with Gasteiger partial charge in [-0.15, -0.1) is 0 Å². The van der Waals surface area contributed by atoms with Crippen molar-refractivity contribution in [3.63, 3.8) is 0 Å². The van der Waals surface area contributed by atoms with E-state index < -0.39 is 0 Å². The fourth-order valence-corrected chi connectivity index (χ4v) is 1.40. The number of nitriles is 1. The van der Waals surface area contributed by atoms with Crippen LogP contribution in [0.3, 0.4) is 0 Å². The Balaban J connectivity index is 2.47. The van der Waals surface area contributed by atoms with Crippen LogP contribution in [-0.4, -0.2) is 12.6 Å². The molecule has 0 aliphatic heterocycles. The van der Waals surface area contributed by atoms with Crippen LogP contribution >= 0.6 is 0 Å². The van der Waals surface area contributed by atoms with Crippen LogP contribution in [0.4, 0.5) is 0 Å². The molecule has 0 radical (unpaired) electrons. The van der Waals surface area contributed by atoms with Crippen molar-refractivity contribution in [3.8, 4) is 11.8 Å². The minimum Gasteiger partial charge on any atom is -0.479 e. The summed E-state index contributed by atoms with van der Waals surface area (Å²) in [7, 11) is 0. The largest absolute Gasteiger partial charge is 0.479 e. The van der Waals surface area contributed by atoms with E-state index in [0.717, 1.165) is 12.3 Å². The maximum Gasteiger partial charge on any atom is 0.174 e. The molecule has 0 heterocycles. The second-order valence-electron chi connectivity index (χ2n) is 5.56. The van der Waals surface area contributed by atoms with Gasteiger partial charge in [0, 0.05) is 12.6 Å². The van der Waals surface area contributed by atoms with Gasteiger partial charge < -0.3 is 10.1 Å². The van der Waals surface area contributed by atoms with Crippen molar-refractivity contribution in [2.75, 3.05) is 6.61 Å². The molecule has 3 nitrogen and oxygen atoms in total. The predicted molar refractivity (Wildman–Crippen MR) is 73.3 cm³/mol. The SMILES string of the molecule is CC(NCc1ccc(OCC#N)cc1)C(C)(C)C. The summed E-state index contributed by atoms with van der Waals surface area (Å²) in [5.41, 5.74) is 1.48. The zero-order valence-electron chi connectivity index (χ0n) is 11.7. The highest BCUT2D eigenvalue weighted by atomic mass is 16.5. The molecule has 0 saturated carbocycles. The lowest BCUT2D eigenvalue weighted by Crippen LogP contribution is -2.37. The minimum atomic E-state index is 0.0959. The third kappa shape index (κ3) is 4.77. The molecule has 0 aromatic heterocycles. The summed E-state index contributed by atoms with van der Waals surface area (Å²) in [4.78, 5) is 0. The Hall–Kier alpha value is -1.53. The summed E-state index contributed by atoms with van der Waals surface area (Å²) in [5.74, 6) is 0.740. The molecule has 0 fully saturated rings. The quantitative estimate of drug-likeness (QED) is 0.868. The van der Waals surface area contributed by atoms with Gasteiger partial charge in [-0.25, -0.2) is 0 Å². The summed E-state index contributed by atoms with van der Waals surface area (Å²) < 4.78 is 5.21. The molecule has 1 aromatic carbocycles. The van der Waals surface area contributed by atoms with Crippen molar-refractivity contribution in [2.24, 2.45) is 5.41 Å². The number of hydrogen-bond acceptors (Lipinski definition) is 3. The van der Waals surface area contributed by atoms with Crippen molar-refractivity contribution in [3.05, 3.63) is 29.8 Å². The summed E-state index contributed by atoms with van der Waals surface area (Å²) in [6.45, 7) is 9.82. The molecule has 0 amide bonds. The van der Waals surface area contributed by atoms with E-state index in [0.29, 0.717) is 6.04 Å². The van der Waals surface area contributed by atoms with Crippen LogP contribution in [0.2, 0.25) is 0 Å². The average Bonchev–Trinajstić information content (AvgIpc) is 2.33. The number of benzene rings is 1. The Bertz CT molecular complexity index is 398. The van der Waals surface area contributed by atoms with Crippen molar-refractivity contribution < 1.29 is 4.74 Å². The van der Waals surface area contributed by atoms with Crippen LogP contribution < -0.4 is 10.1 Å². The summed E-state index contributed by atoms with van der Waals surface area (Å²) in [6, 6.07) is 10.2.